The molecule has 3 aromatic rings. The molecule has 1 atom stereocenters. The van der Waals surface area contributed by atoms with Gasteiger partial charge in [-0.15, -0.1) is 0 Å². The first kappa shape index (κ1) is 18.9. The lowest BCUT2D eigenvalue weighted by Crippen LogP contribution is -2.44. The van der Waals surface area contributed by atoms with Crippen LogP contribution >= 0.6 is 0 Å². The zero-order valence-electron chi connectivity index (χ0n) is 16.4. The van der Waals surface area contributed by atoms with Crippen molar-refractivity contribution in [3.8, 4) is 11.3 Å². The van der Waals surface area contributed by atoms with Crippen LogP contribution in [0.2, 0.25) is 0 Å². The van der Waals surface area contributed by atoms with E-state index in [4.69, 9.17) is 9.26 Å². The first-order valence-corrected chi connectivity index (χ1v) is 9.65. The average Bonchev–Trinajstić information content (AvgIpc) is 3.14. The Balaban J connectivity index is 1.51. The molecule has 0 bridgehead atoms. The molecule has 0 saturated heterocycles. The number of para-hydroxylation sites is 1. The summed E-state index contributed by atoms with van der Waals surface area (Å²) < 4.78 is 10.6. The Morgan fingerprint density at radius 2 is 1.86 bits per heavy atom. The number of esters is 1. The molecule has 1 aliphatic rings. The van der Waals surface area contributed by atoms with Crippen molar-refractivity contribution in [1.29, 1.82) is 0 Å². The Bertz CT molecular complexity index is 1040. The van der Waals surface area contributed by atoms with Crippen molar-refractivity contribution in [1.82, 2.24) is 5.16 Å². The number of rotatable bonds is 4. The highest BCUT2D eigenvalue weighted by molar-refractivity contribution is 6.00. The van der Waals surface area contributed by atoms with Crippen molar-refractivity contribution >= 4 is 17.6 Å². The lowest BCUT2D eigenvalue weighted by molar-refractivity contribution is -0.122. The summed E-state index contributed by atoms with van der Waals surface area (Å²) >= 11 is 0. The van der Waals surface area contributed by atoms with Crippen molar-refractivity contribution in [2.24, 2.45) is 0 Å². The van der Waals surface area contributed by atoms with Crippen LogP contribution < -0.4 is 4.90 Å². The van der Waals surface area contributed by atoms with E-state index in [1.165, 1.54) is 0 Å². The highest BCUT2D eigenvalue weighted by atomic mass is 16.5. The summed E-state index contributed by atoms with van der Waals surface area (Å²) in [7, 11) is 0. The molecule has 1 amide bonds. The van der Waals surface area contributed by atoms with E-state index in [-0.39, 0.29) is 24.1 Å². The van der Waals surface area contributed by atoms with Gasteiger partial charge in [0.2, 0.25) is 0 Å². The lowest BCUT2D eigenvalue weighted by atomic mass is 9.96. The third-order valence-electron chi connectivity index (χ3n) is 5.23. The number of carbonyl (C=O) groups is 2. The van der Waals surface area contributed by atoms with Gasteiger partial charge in [0.1, 0.15) is 17.0 Å². The molecule has 0 saturated carbocycles. The predicted molar refractivity (Wildman–Crippen MR) is 109 cm³/mol. The summed E-state index contributed by atoms with van der Waals surface area (Å²) in [6.07, 6.45) is 1.81. The van der Waals surface area contributed by atoms with Crippen LogP contribution in [0, 0.1) is 6.92 Å². The second-order valence-electron chi connectivity index (χ2n) is 7.18. The number of benzene rings is 2. The van der Waals surface area contributed by atoms with Gasteiger partial charge in [-0.05, 0) is 38.3 Å². The molecule has 4 rings (SSSR count). The molecule has 0 spiro atoms. The minimum Gasteiger partial charge on any atom is -0.452 e. The van der Waals surface area contributed by atoms with E-state index in [9.17, 15) is 9.59 Å². The molecule has 1 unspecified atom stereocenters. The number of ether oxygens (including phenoxy) is 1. The van der Waals surface area contributed by atoms with Crippen molar-refractivity contribution in [3.63, 3.8) is 0 Å². The third-order valence-corrected chi connectivity index (χ3v) is 5.23. The van der Waals surface area contributed by atoms with Crippen LogP contribution in [0.1, 0.15) is 35.0 Å². The van der Waals surface area contributed by atoms with Crippen molar-refractivity contribution < 1.29 is 18.8 Å². The van der Waals surface area contributed by atoms with E-state index in [0.717, 1.165) is 29.7 Å². The van der Waals surface area contributed by atoms with Gasteiger partial charge < -0.3 is 14.2 Å². The summed E-state index contributed by atoms with van der Waals surface area (Å²) in [6.45, 7) is 3.32. The molecular weight excluding hydrogens is 368 g/mol. The lowest BCUT2D eigenvalue weighted by Gasteiger charge is -2.35. The van der Waals surface area contributed by atoms with Gasteiger partial charge in [0.05, 0.1) is 0 Å². The zero-order chi connectivity index (χ0) is 20.4. The molecule has 1 aliphatic heterocycles. The maximum Gasteiger partial charge on any atom is 0.344 e. The molecule has 2 heterocycles. The monoisotopic (exact) mass is 390 g/mol. The third kappa shape index (κ3) is 3.66. The summed E-state index contributed by atoms with van der Waals surface area (Å²) in [5, 5.41) is 3.99. The van der Waals surface area contributed by atoms with E-state index in [2.05, 4.69) is 5.16 Å². The molecule has 29 heavy (non-hydrogen) atoms. The van der Waals surface area contributed by atoms with Gasteiger partial charge >= 0.3 is 5.97 Å². The molecule has 6 heteroatoms. The Labute approximate surface area is 169 Å². The zero-order valence-corrected chi connectivity index (χ0v) is 16.4. The number of aromatic nitrogens is 1. The quantitative estimate of drug-likeness (QED) is 0.625. The number of aryl methyl sites for hydroxylation is 2. The second kappa shape index (κ2) is 7.91. The molecule has 2 aromatic carbocycles. The fourth-order valence-corrected chi connectivity index (χ4v) is 3.74. The molecule has 1 aromatic heterocycles. The van der Waals surface area contributed by atoms with Gasteiger partial charge in [0.25, 0.3) is 5.91 Å². The Kier molecular flexibility index (Phi) is 5.16. The van der Waals surface area contributed by atoms with E-state index >= 15 is 0 Å². The Morgan fingerprint density at radius 3 is 2.66 bits per heavy atom. The first-order valence-electron chi connectivity index (χ1n) is 9.65. The predicted octanol–water partition coefficient (Wildman–Crippen LogP) is 4.17. The largest absolute Gasteiger partial charge is 0.452 e. The number of hydrogen-bond donors (Lipinski definition) is 0. The van der Waals surface area contributed by atoms with Crippen LogP contribution in [0.15, 0.2) is 59.1 Å². The molecule has 6 nitrogen and oxygen atoms in total. The SMILES string of the molecule is Cc1onc(-c2ccccc2)c1C(=O)OCC(=O)N1c2ccccc2CCC1C. The minimum absolute atomic E-state index is 0.0494. The van der Waals surface area contributed by atoms with E-state index < -0.39 is 5.97 Å². The van der Waals surface area contributed by atoms with Gasteiger partial charge in [0, 0.05) is 17.3 Å². The number of hydrogen-bond acceptors (Lipinski definition) is 5. The van der Waals surface area contributed by atoms with Crippen molar-refractivity contribution in [2.75, 3.05) is 11.5 Å². The molecule has 0 aliphatic carbocycles. The molecule has 148 valence electrons. The van der Waals surface area contributed by atoms with Gasteiger partial charge in [-0.2, -0.15) is 0 Å². The normalized spacial score (nSPS) is 15.7. The van der Waals surface area contributed by atoms with Crippen LogP contribution in [0.5, 0.6) is 0 Å². The maximum absolute atomic E-state index is 12.9. The molecule has 0 N–H and O–H groups in total. The second-order valence-corrected chi connectivity index (χ2v) is 7.18. The fourth-order valence-electron chi connectivity index (χ4n) is 3.74. The van der Waals surface area contributed by atoms with E-state index in [1.807, 2.05) is 61.5 Å². The summed E-state index contributed by atoms with van der Waals surface area (Å²) in [4.78, 5) is 27.4. The highest BCUT2D eigenvalue weighted by Crippen LogP contribution is 2.31. The number of amides is 1. The average molecular weight is 390 g/mol. The standard InChI is InChI=1S/C23H22N2O4/c1-15-12-13-17-8-6-7-11-19(17)25(15)20(26)14-28-23(27)21-16(2)29-24-22(21)18-9-4-3-5-10-18/h3-11,15H,12-14H2,1-2H3. The van der Waals surface area contributed by atoms with Crippen LogP contribution in [-0.2, 0) is 16.0 Å². The van der Waals surface area contributed by atoms with Gasteiger partial charge in [0.15, 0.2) is 6.61 Å². The van der Waals surface area contributed by atoms with Gasteiger partial charge in [-0.3, -0.25) is 4.79 Å². The van der Waals surface area contributed by atoms with Crippen molar-refractivity contribution in [2.45, 2.75) is 32.7 Å². The molecule has 0 fully saturated rings. The number of anilines is 1. The van der Waals surface area contributed by atoms with Crippen LogP contribution in [0.3, 0.4) is 0 Å². The molecule has 0 radical (unpaired) electrons. The number of carbonyl (C=O) groups excluding carboxylic acids is 2. The van der Waals surface area contributed by atoms with Crippen LogP contribution in [-0.4, -0.2) is 29.7 Å². The van der Waals surface area contributed by atoms with Crippen molar-refractivity contribution in [3.05, 3.63) is 71.5 Å². The van der Waals surface area contributed by atoms with E-state index in [1.54, 1.807) is 11.8 Å². The fraction of sp³-hybridized carbons (Fsp3) is 0.261. The highest BCUT2D eigenvalue weighted by Gasteiger charge is 2.30. The number of fused-ring (bicyclic) bond motifs is 1. The number of nitrogens with zero attached hydrogens (tertiary/aromatic N) is 2. The maximum atomic E-state index is 12.9. The van der Waals surface area contributed by atoms with E-state index in [0.29, 0.717) is 11.5 Å². The van der Waals surface area contributed by atoms with Crippen LogP contribution in [0.25, 0.3) is 11.3 Å². The summed E-state index contributed by atoms with van der Waals surface area (Å²) in [5.41, 5.74) is 3.43. The van der Waals surface area contributed by atoms with Gasteiger partial charge in [-0.25, -0.2) is 4.79 Å². The van der Waals surface area contributed by atoms with Gasteiger partial charge in [-0.1, -0.05) is 53.7 Å². The summed E-state index contributed by atoms with van der Waals surface area (Å²) in [5.74, 6) is -0.500. The Morgan fingerprint density at radius 1 is 1.14 bits per heavy atom. The minimum atomic E-state index is -0.617. The first-order chi connectivity index (χ1) is 14.1. The summed E-state index contributed by atoms with van der Waals surface area (Å²) in [6, 6.07) is 17.2. The Hall–Kier alpha value is -3.41. The smallest absolute Gasteiger partial charge is 0.344 e. The van der Waals surface area contributed by atoms with Crippen LogP contribution in [0.4, 0.5) is 5.69 Å². The molecular formula is C23H22N2O4. The topological polar surface area (TPSA) is 72.6 Å².